The first-order chi connectivity index (χ1) is 8.04. The van der Waals surface area contributed by atoms with Gasteiger partial charge < -0.3 is 14.6 Å². The Hall–Kier alpha value is -1.26. The van der Waals surface area contributed by atoms with Gasteiger partial charge in [-0.05, 0) is 18.6 Å². The van der Waals surface area contributed by atoms with Crippen LogP contribution in [0.2, 0.25) is 5.02 Å². The minimum absolute atomic E-state index is 0.0468. The van der Waals surface area contributed by atoms with Crippen LogP contribution in [0.4, 0.5) is 0 Å². The van der Waals surface area contributed by atoms with Crippen LogP contribution in [0.25, 0.3) is 0 Å². The molecule has 0 spiro atoms. The minimum atomic E-state index is -1.07. The van der Waals surface area contributed by atoms with E-state index in [0.717, 1.165) is 0 Å². The maximum Gasteiger partial charge on any atom is 0.339 e. The lowest BCUT2D eigenvalue weighted by molar-refractivity contribution is 0.0690. The van der Waals surface area contributed by atoms with Gasteiger partial charge in [0.05, 0.1) is 13.2 Å². The monoisotopic (exact) mass is 258 g/mol. The fourth-order valence-electron chi connectivity index (χ4n) is 1.75. The van der Waals surface area contributed by atoms with Crippen LogP contribution in [-0.4, -0.2) is 25.3 Å². The summed E-state index contributed by atoms with van der Waals surface area (Å²) >= 11 is 5.91. The van der Waals surface area contributed by atoms with E-state index in [9.17, 15) is 4.79 Å². The van der Waals surface area contributed by atoms with Gasteiger partial charge in [0, 0.05) is 17.7 Å². The van der Waals surface area contributed by atoms with Crippen molar-refractivity contribution >= 4 is 17.6 Å². The van der Waals surface area contributed by atoms with Gasteiger partial charge in [0.25, 0.3) is 0 Å². The van der Waals surface area contributed by atoms with E-state index in [0.29, 0.717) is 22.8 Å². The Balaban J connectivity index is 3.42. The van der Waals surface area contributed by atoms with E-state index >= 15 is 0 Å². The standard InChI is InChI=1S/C12H15ClO4/c1-4-10(16-2)8-5-7(13)6-9(12(14)15)11(8)17-3/h5-6,10H,4H2,1-3H3,(H,14,15). The molecule has 0 aliphatic heterocycles. The number of carboxylic acids is 1. The van der Waals surface area contributed by atoms with E-state index in [1.54, 1.807) is 13.2 Å². The SMILES string of the molecule is CCC(OC)c1cc(Cl)cc(C(=O)O)c1OC. The molecule has 1 rings (SSSR count). The molecule has 1 aromatic rings. The predicted octanol–water partition coefficient (Wildman–Crippen LogP) is 3.14. The van der Waals surface area contributed by atoms with Crippen molar-refractivity contribution in [1.29, 1.82) is 0 Å². The lowest BCUT2D eigenvalue weighted by Crippen LogP contribution is -2.08. The molecule has 0 aliphatic rings. The van der Waals surface area contributed by atoms with Crippen LogP contribution in [0.15, 0.2) is 12.1 Å². The Bertz CT molecular complexity index is 413. The maximum absolute atomic E-state index is 11.1. The summed E-state index contributed by atoms with van der Waals surface area (Å²) < 4.78 is 10.4. The van der Waals surface area contributed by atoms with Crippen molar-refractivity contribution in [2.24, 2.45) is 0 Å². The summed E-state index contributed by atoms with van der Waals surface area (Å²) in [5.74, 6) is -0.771. The summed E-state index contributed by atoms with van der Waals surface area (Å²) in [5.41, 5.74) is 0.702. The van der Waals surface area contributed by atoms with E-state index < -0.39 is 5.97 Å². The number of benzene rings is 1. The Morgan fingerprint density at radius 3 is 2.53 bits per heavy atom. The molecule has 0 saturated heterocycles. The van der Waals surface area contributed by atoms with Crippen molar-refractivity contribution in [2.45, 2.75) is 19.4 Å². The van der Waals surface area contributed by atoms with E-state index in [2.05, 4.69) is 0 Å². The Morgan fingerprint density at radius 2 is 2.12 bits per heavy atom. The van der Waals surface area contributed by atoms with Crippen LogP contribution in [0.5, 0.6) is 5.75 Å². The quantitative estimate of drug-likeness (QED) is 0.882. The number of halogens is 1. The molecule has 5 heteroatoms. The smallest absolute Gasteiger partial charge is 0.339 e. The molecular formula is C12H15ClO4. The topological polar surface area (TPSA) is 55.8 Å². The van der Waals surface area contributed by atoms with Gasteiger partial charge in [0.2, 0.25) is 0 Å². The van der Waals surface area contributed by atoms with Gasteiger partial charge in [0.15, 0.2) is 0 Å². The Kier molecular flexibility index (Phi) is 4.78. The van der Waals surface area contributed by atoms with Crippen LogP contribution in [-0.2, 0) is 4.74 Å². The van der Waals surface area contributed by atoms with Crippen LogP contribution in [0.3, 0.4) is 0 Å². The second-order valence-corrected chi connectivity index (χ2v) is 3.95. The highest BCUT2D eigenvalue weighted by Crippen LogP contribution is 2.35. The van der Waals surface area contributed by atoms with Crippen LogP contribution < -0.4 is 4.74 Å². The maximum atomic E-state index is 11.1. The number of aromatic carboxylic acids is 1. The fraction of sp³-hybridized carbons (Fsp3) is 0.417. The van der Waals surface area contributed by atoms with Gasteiger partial charge in [-0.25, -0.2) is 4.79 Å². The highest BCUT2D eigenvalue weighted by atomic mass is 35.5. The lowest BCUT2D eigenvalue weighted by Gasteiger charge is -2.18. The van der Waals surface area contributed by atoms with Crippen molar-refractivity contribution in [1.82, 2.24) is 0 Å². The highest BCUT2D eigenvalue weighted by Gasteiger charge is 2.21. The van der Waals surface area contributed by atoms with Crippen LogP contribution in [0.1, 0.15) is 35.4 Å². The van der Waals surface area contributed by atoms with Gasteiger partial charge in [-0.2, -0.15) is 0 Å². The zero-order valence-corrected chi connectivity index (χ0v) is 10.7. The van der Waals surface area contributed by atoms with Crippen molar-refractivity contribution in [3.63, 3.8) is 0 Å². The largest absolute Gasteiger partial charge is 0.495 e. The molecule has 0 radical (unpaired) electrons. The minimum Gasteiger partial charge on any atom is -0.495 e. The first-order valence-electron chi connectivity index (χ1n) is 5.18. The molecule has 0 amide bonds. The van der Waals surface area contributed by atoms with Gasteiger partial charge in [-0.1, -0.05) is 18.5 Å². The summed E-state index contributed by atoms with van der Waals surface area (Å²) in [6, 6.07) is 3.04. The number of hydrogen-bond donors (Lipinski definition) is 1. The third-order valence-electron chi connectivity index (χ3n) is 2.52. The predicted molar refractivity (Wildman–Crippen MR) is 65.0 cm³/mol. The van der Waals surface area contributed by atoms with Gasteiger partial charge in [-0.3, -0.25) is 0 Å². The summed E-state index contributed by atoms with van der Waals surface area (Å²) in [6.07, 6.45) is 0.466. The summed E-state index contributed by atoms with van der Waals surface area (Å²) in [4.78, 5) is 11.1. The average Bonchev–Trinajstić information content (AvgIpc) is 2.30. The molecule has 4 nitrogen and oxygen atoms in total. The molecule has 0 heterocycles. The van der Waals surface area contributed by atoms with E-state index in [-0.39, 0.29) is 11.7 Å². The van der Waals surface area contributed by atoms with E-state index in [4.69, 9.17) is 26.2 Å². The third-order valence-corrected chi connectivity index (χ3v) is 2.74. The van der Waals surface area contributed by atoms with Crippen molar-refractivity contribution < 1.29 is 19.4 Å². The molecule has 0 aliphatic carbocycles. The lowest BCUT2D eigenvalue weighted by atomic mass is 10.0. The normalized spacial score (nSPS) is 12.2. The number of methoxy groups -OCH3 is 2. The van der Waals surface area contributed by atoms with Crippen molar-refractivity contribution in [3.05, 3.63) is 28.3 Å². The van der Waals surface area contributed by atoms with Crippen molar-refractivity contribution in [3.8, 4) is 5.75 Å². The molecule has 17 heavy (non-hydrogen) atoms. The van der Waals surface area contributed by atoms with Gasteiger partial charge in [0.1, 0.15) is 11.3 Å². The fourth-order valence-corrected chi connectivity index (χ4v) is 1.98. The molecule has 0 saturated carbocycles. The highest BCUT2D eigenvalue weighted by molar-refractivity contribution is 6.31. The number of ether oxygens (including phenoxy) is 2. The van der Waals surface area contributed by atoms with Gasteiger partial charge >= 0.3 is 5.97 Å². The number of hydrogen-bond acceptors (Lipinski definition) is 3. The summed E-state index contributed by atoms with van der Waals surface area (Å²) in [5, 5.41) is 9.45. The molecule has 0 aromatic heterocycles. The molecule has 0 fully saturated rings. The zero-order valence-electron chi connectivity index (χ0n) is 9.99. The van der Waals surface area contributed by atoms with E-state index in [1.165, 1.54) is 13.2 Å². The number of rotatable bonds is 5. The first-order valence-corrected chi connectivity index (χ1v) is 5.56. The van der Waals surface area contributed by atoms with E-state index in [1.807, 2.05) is 6.92 Å². The Labute approximate surface area is 105 Å². The third kappa shape index (κ3) is 2.90. The second kappa shape index (κ2) is 5.89. The Morgan fingerprint density at radius 1 is 1.47 bits per heavy atom. The molecule has 1 N–H and O–H groups in total. The van der Waals surface area contributed by atoms with Crippen LogP contribution in [0, 0.1) is 0 Å². The van der Waals surface area contributed by atoms with Crippen molar-refractivity contribution in [2.75, 3.05) is 14.2 Å². The molecule has 94 valence electrons. The zero-order chi connectivity index (χ0) is 13.0. The second-order valence-electron chi connectivity index (χ2n) is 3.51. The van der Waals surface area contributed by atoms with Crippen LogP contribution >= 0.6 is 11.6 Å². The number of carboxylic acid groups (broad SMARTS) is 1. The molecule has 1 aromatic carbocycles. The number of carbonyl (C=O) groups is 1. The van der Waals surface area contributed by atoms with Gasteiger partial charge in [-0.15, -0.1) is 0 Å². The summed E-state index contributed by atoms with van der Waals surface area (Å²) in [6.45, 7) is 1.94. The molecule has 0 bridgehead atoms. The average molecular weight is 259 g/mol. The molecule has 1 unspecified atom stereocenters. The molecule has 1 atom stereocenters. The first kappa shape index (κ1) is 13.8. The summed E-state index contributed by atoms with van der Waals surface area (Å²) in [7, 11) is 3.00. The molecular weight excluding hydrogens is 244 g/mol.